The normalized spacial score (nSPS) is 13.1. The summed E-state index contributed by atoms with van der Waals surface area (Å²) >= 11 is 0. The summed E-state index contributed by atoms with van der Waals surface area (Å²) in [7, 11) is 0. The summed E-state index contributed by atoms with van der Waals surface area (Å²) in [6.07, 6.45) is 98.5. The van der Waals surface area contributed by atoms with Crippen molar-refractivity contribution in [2.24, 2.45) is 0 Å². The van der Waals surface area contributed by atoms with E-state index in [2.05, 4.69) is 167 Å². The monoisotopic (exact) mass is 1130 g/mol. The van der Waals surface area contributed by atoms with Gasteiger partial charge in [0.15, 0.2) is 6.10 Å². The Labute approximate surface area is 506 Å². The van der Waals surface area contributed by atoms with Crippen LogP contribution in [0.15, 0.2) is 146 Å². The Hall–Kier alpha value is -4.71. The van der Waals surface area contributed by atoms with E-state index in [0.29, 0.717) is 25.7 Å². The van der Waals surface area contributed by atoms with Crippen molar-refractivity contribution >= 4 is 17.9 Å². The van der Waals surface area contributed by atoms with Crippen molar-refractivity contribution in [1.82, 2.24) is 0 Å². The molecule has 0 saturated carbocycles. The third kappa shape index (κ3) is 66.1. The van der Waals surface area contributed by atoms with Crippen LogP contribution in [0.1, 0.15) is 297 Å². The maximum atomic E-state index is 12.9. The molecule has 0 heterocycles. The molecule has 0 N–H and O–H groups in total. The minimum absolute atomic E-state index is 0.104. The van der Waals surface area contributed by atoms with E-state index in [0.717, 1.165) is 128 Å². The van der Waals surface area contributed by atoms with Gasteiger partial charge in [-0.15, -0.1) is 0 Å². The van der Waals surface area contributed by atoms with Gasteiger partial charge >= 0.3 is 17.9 Å². The molecule has 0 amide bonds. The number of hydrogen-bond acceptors (Lipinski definition) is 6. The molecule has 0 rings (SSSR count). The van der Waals surface area contributed by atoms with Gasteiger partial charge in [0.25, 0.3) is 0 Å². The van der Waals surface area contributed by atoms with Crippen molar-refractivity contribution in [3.05, 3.63) is 146 Å². The molecule has 0 radical (unpaired) electrons. The molecule has 0 aliphatic carbocycles. The first-order chi connectivity index (χ1) is 40.5. The molecule has 0 bridgehead atoms. The second kappa shape index (κ2) is 68.8. The van der Waals surface area contributed by atoms with Crippen LogP contribution in [0, 0.1) is 0 Å². The number of rotatable bonds is 60. The second-order valence-electron chi connectivity index (χ2n) is 22.0. The van der Waals surface area contributed by atoms with Crippen molar-refractivity contribution in [3.8, 4) is 0 Å². The summed E-state index contributed by atoms with van der Waals surface area (Å²) in [6, 6.07) is 0. The van der Waals surface area contributed by atoms with Crippen LogP contribution >= 0.6 is 0 Å². The number of unbranched alkanes of at least 4 members (excludes halogenated alkanes) is 25. The van der Waals surface area contributed by atoms with Crippen LogP contribution in [0.4, 0.5) is 0 Å². The van der Waals surface area contributed by atoms with Crippen molar-refractivity contribution in [1.29, 1.82) is 0 Å². The second-order valence-corrected chi connectivity index (χ2v) is 22.0. The quantitative estimate of drug-likeness (QED) is 0.0261. The molecule has 0 aromatic heterocycles. The predicted molar refractivity (Wildman–Crippen MR) is 357 cm³/mol. The van der Waals surface area contributed by atoms with Crippen molar-refractivity contribution in [3.63, 3.8) is 0 Å². The van der Waals surface area contributed by atoms with Gasteiger partial charge in [-0.2, -0.15) is 0 Å². The highest BCUT2D eigenvalue weighted by Crippen LogP contribution is 2.15. The largest absolute Gasteiger partial charge is 0.462 e. The minimum atomic E-state index is -0.813. The van der Waals surface area contributed by atoms with E-state index in [1.54, 1.807) is 0 Å². The molecular formula is C76H124O6. The molecular weight excluding hydrogens is 1010 g/mol. The Balaban J connectivity index is 4.51. The number of carbonyl (C=O) groups excluding carboxylic acids is 3. The fourth-order valence-electron chi connectivity index (χ4n) is 8.99. The van der Waals surface area contributed by atoms with E-state index in [1.807, 2.05) is 0 Å². The Morgan fingerprint density at radius 3 is 0.805 bits per heavy atom. The maximum Gasteiger partial charge on any atom is 0.306 e. The number of esters is 3. The SMILES string of the molecule is CC/C=C\C/C=C\C/C=C\C/C=C\C/C=C\C/C=C\C/C=C\C/C=C\CCCCC(=O)OCC(COC(=O)CCCCCCCCC/C=C\CCCCCCCCC)OC(=O)CCCCCCCC/C=C\C/C=C\C/C=C\CCCCC. The lowest BCUT2D eigenvalue weighted by molar-refractivity contribution is -0.167. The number of ether oxygens (including phenoxy) is 3. The first-order valence-corrected chi connectivity index (χ1v) is 33.8. The van der Waals surface area contributed by atoms with Crippen LogP contribution in [0.25, 0.3) is 0 Å². The number of hydrogen-bond donors (Lipinski definition) is 0. The molecule has 0 aliphatic rings. The van der Waals surface area contributed by atoms with Crippen LogP contribution in [-0.4, -0.2) is 37.2 Å². The van der Waals surface area contributed by atoms with Gasteiger partial charge in [0.1, 0.15) is 13.2 Å². The van der Waals surface area contributed by atoms with Gasteiger partial charge < -0.3 is 14.2 Å². The van der Waals surface area contributed by atoms with E-state index >= 15 is 0 Å². The van der Waals surface area contributed by atoms with Crippen LogP contribution in [0.2, 0.25) is 0 Å². The Morgan fingerprint density at radius 2 is 0.476 bits per heavy atom. The van der Waals surface area contributed by atoms with Crippen LogP contribution in [0.5, 0.6) is 0 Å². The van der Waals surface area contributed by atoms with E-state index in [9.17, 15) is 14.4 Å². The molecule has 0 spiro atoms. The van der Waals surface area contributed by atoms with Gasteiger partial charge in [-0.25, -0.2) is 0 Å². The van der Waals surface area contributed by atoms with Crippen LogP contribution in [-0.2, 0) is 28.6 Å². The predicted octanol–water partition coefficient (Wildman–Crippen LogP) is 23.5. The number of allylic oxidation sites excluding steroid dienone is 24. The topological polar surface area (TPSA) is 78.9 Å². The Morgan fingerprint density at radius 1 is 0.256 bits per heavy atom. The molecule has 6 nitrogen and oxygen atoms in total. The summed E-state index contributed by atoms with van der Waals surface area (Å²) in [6.45, 7) is 6.46. The van der Waals surface area contributed by atoms with Gasteiger partial charge in [-0.3, -0.25) is 14.4 Å². The Kier molecular flexibility index (Phi) is 64.8. The molecule has 1 atom stereocenters. The molecule has 1 unspecified atom stereocenters. The lowest BCUT2D eigenvalue weighted by atomic mass is 10.1. The van der Waals surface area contributed by atoms with Gasteiger partial charge in [0, 0.05) is 19.3 Å². The molecule has 0 saturated heterocycles. The maximum absolute atomic E-state index is 12.9. The summed E-state index contributed by atoms with van der Waals surface area (Å²) < 4.78 is 16.9. The molecule has 0 aliphatic heterocycles. The van der Waals surface area contributed by atoms with Gasteiger partial charge in [0.05, 0.1) is 0 Å². The lowest BCUT2D eigenvalue weighted by Gasteiger charge is -2.18. The first-order valence-electron chi connectivity index (χ1n) is 33.8. The zero-order chi connectivity index (χ0) is 59.2. The number of carbonyl (C=O) groups is 3. The van der Waals surface area contributed by atoms with E-state index in [1.165, 1.54) is 122 Å². The standard InChI is InChI=1S/C76H124O6/c1-4-7-10-13-16-19-22-25-28-31-34-35-36-37-38-39-40-41-43-45-48-51-54-57-60-63-66-69-75(78)81-72-73(71-80-74(77)68-65-62-59-56-53-50-47-44-33-30-27-24-21-18-15-12-9-6-3)82-76(79)70-67-64-61-58-55-52-49-46-42-32-29-26-23-20-17-14-11-8-5-2/h7,10,16-17,19-20,25-26,28-30,33-35,37-38,40-42,45-46,48,54,57,73H,4-6,8-9,11-15,18,21-24,27,31-32,36,39,43-44,47,49-53,55-56,58-72H2,1-3H3/b10-7-,19-16-,20-17-,28-25-,29-26-,33-30-,35-34-,38-37-,41-40-,46-42-,48-45-,57-54-. The summed E-state index contributed by atoms with van der Waals surface area (Å²) in [4.78, 5) is 38.4. The highest BCUT2D eigenvalue weighted by Gasteiger charge is 2.19. The molecule has 82 heavy (non-hydrogen) atoms. The molecule has 0 fully saturated rings. The smallest absolute Gasteiger partial charge is 0.306 e. The summed E-state index contributed by atoms with van der Waals surface area (Å²) in [5, 5.41) is 0. The fourth-order valence-corrected chi connectivity index (χ4v) is 8.99. The van der Waals surface area contributed by atoms with E-state index in [-0.39, 0.29) is 31.1 Å². The zero-order valence-electron chi connectivity index (χ0n) is 53.2. The highest BCUT2D eigenvalue weighted by atomic mass is 16.6. The zero-order valence-corrected chi connectivity index (χ0v) is 53.2. The van der Waals surface area contributed by atoms with Crippen molar-refractivity contribution in [2.75, 3.05) is 13.2 Å². The van der Waals surface area contributed by atoms with Crippen molar-refractivity contribution < 1.29 is 28.6 Å². The Bertz CT molecular complexity index is 1780. The lowest BCUT2D eigenvalue weighted by Crippen LogP contribution is -2.30. The third-order valence-electron chi connectivity index (χ3n) is 14.0. The average Bonchev–Trinajstić information content (AvgIpc) is 3.47. The third-order valence-corrected chi connectivity index (χ3v) is 14.0. The van der Waals surface area contributed by atoms with Crippen LogP contribution in [0.3, 0.4) is 0 Å². The molecule has 0 aromatic rings. The highest BCUT2D eigenvalue weighted by molar-refractivity contribution is 5.71. The van der Waals surface area contributed by atoms with Gasteiger partial charge in [0.2, 0.25) is 0 Å². The minimum Gasteiger partial charge on any atom is -0.462 e. The van der Waals surface area contributed by atoms with E-state index < -0.39 is 6.10 Å². The van der Waals surface area contributed by atoms with Gasteiger partial charge in [-0.05, 0) is 148 Å². The molecule has 0 aromatic carbocycles. The van der Waals surface area contributed by atoms with E-state index in [4.69, 9.17) is 14.2 Å². The van der Waals surface area contributed by atoms with Gasteiger partial charge in [-0.1, -0.05) is 276 Å². The first kappa shape index (κ1) is 77.3. The average molecular weight is 1130 g/mol. The molecule has 464 valence electrons. The fraction of sp³-hybridized carbons (Fsp3) is 0.645. The molecule has 6 heteroatoms. The summed E-state index contributed by atoms with van der Waals surface area (Å²) in [5.74, 6) is -0.963. The van der Waals surface area contributed by atoms with Crippen molar-refractivity contribution in [2.45, 2.75) is 303 Å². The summed E-state index contributed by atoms with van der Waals surface area (Å²) in [5.41, 5.74) is 0. The van der Waals surface area contributed by atoms with Crippen LogP contribution < -0.4 is 0 Å².